The molecule has 0 radical (unpaired) electrons. The SMILES string of the molecule is CCc1cc(=O)[nH]c(N/N=C\c2ccc(O)c(OC)c2)n1. The summed E-state index contributed by atoms with van der Waals surface area (Å²) in [5.74, 6) is 0.698. The number of hydrazone groups is 1. The number of aromatic nitrogens is 2. The smallest absolute Gasteiger partial charge is 0.252 e. The van der Waals surface area contributed by atoms with Gasteiger partial charge in [-0.25, -0.2) is 10.4 Å². The summed E-state index contributed by atoms with van der Waals surface area (Å²) < 4.78 is 5.00. The minimum atomic E-state index is -0.231. The average Bonchev–Trinajstić information content (AvgIpc) is 2.48. The fourth-order valence-corrected chi connectivity index (χ4v) is 1.68. The number of phenols is 1. The monoisotopic (exact) mass is 288 g/mol. The van der Waals surface area contributed by atoms with E-state index in [1.165, 1.54) is 25.5 Å². The molecule has 1 aromatic carbocycles. The fraction of sp³-hybridized carbons (Fsp3) is 0.214. The van der Waals surface area contributed by atoms with Gasteiger partial charge >= 0.3 is 0 Å². The topological polar surface area (TPSA) is 99.6 Å². The van der Waals surface area contributed by atoms with Crippen molar-refractivity contribution in [3.8, 4) is 11.5 Å². The Labute approximate surface area is 121 Å². The summed E-state index contributed by atoms with van der Waals surface area (Å²) in [4.78, 5) is 18.1. The molecule has 0 spiro atoms. The first kappa shape index (κ1) is 14.6. The molecule has 0 aliphatic rings. The Kier molecular flexibility index (Phi) is 4.55. The van der Waals surface area contributed by atoms with Crippen molar-refractivity contribution < 1.29 is 9.84 Å². The number of aromatic hydroxyl groups is 1. The standard InChI is InChI=1S/C14H16N4O3/c1-3-10-7-13(20)17-14(16-10)18-15-8-9-4-5-11(19)12(6-9)21-2/h4-8,19H,3H2,1-2H3,(H2,16,17,18,20)/b15-8-. The third kappa shape index (κ3) is 3.82. The van der Waals surface area contributed by atoms with Crippen LogP contribution < -0.4 is 15.7 Å². The quantitative estimate of drug-likeness (QED) is 0.572. The van der Waals surface area contributed by atoms with Crippen molar-refractivity contribution in [2.45, 2.75) is 13.3 Å². The molecule has 7 heteroatoms. The minimum absolute atomic E-state index is 0.0595. The molecule has 0 unspecified atom stereocenters. The van der Waals surface area contributed by atoms with E-state index in [1.54, 1.807) is 12.1 Å². The molecule has 21 heavy (non-hydrogen) atoms. The Balaban J connectivity index is 2.12. The molecule has 0 saturated carbocycles. The minimum Gasteiger partial charge on any atom is -0.504 e. The number of nitrogens with one attached hydrogen (secondary N) is 2. The van der Waals surface area contributed by atoms with Crippen molar-refractivity contribution in [2.75, 3.05) is 12.5 Å². The molecule has 0 aliphatic carbocycles. The Morgan fingerprint density at radius 2 is 2.29 bits per heavy atom. The van der Waals surface area contributed by atoms with Crippen LogP contribution in [0.5, 0.6) is 11.5 Å². The lowest BCUT2D eigenvalue weighted by molar-refractivity contribution is 0.373. The summed E-state index contributed by atoms with van der Waals surface area (Å²) in [5, 5.41) is 13.5. The zero-order valence-corrected chi connectivity index (χ0v) is 11.8. The summed E-state index contributed by atoms with van der Waals surface area (Å²) in [6, 6.07) is 6.28. The van der Waals surface area contributed by atoms with Crippen molar-refractivity contribution in [3.63, 3.8) is 0 Å². The Hall–Kier alpha value is -2.83. The Bertz CT molecular complexity index is 710. The average molecular weight is 288 g/mol. The normalized spacial score (nSPS) is 10.8. The van der Waals surface area contributed by atoms with E-state index in [4.69, 9.17) is 4.74 Å². The highest BCUT2D eigenvalue weighted by molar-refractivity contribution is 5.81. The number of benzene rings is 1. The summed E-state index contributed by atoms with van der Waals surface area (Å²) in [6.07, 6.45) is 2.19. The van der Waals surface area contributed by atoms with Gasteiger partial charge in [-0.15, -0.1) is 0 Å². The van der Waals surface area contributed by atoms with Gasteiger partial charge in [0.1, 0.15) is 0 Å². The van der Waals surface area contributed by atoms with E-state index < -0.39 is 0 Å². The summed E-state index contributed by atoms with van der Waals surface area (Å²) in [5.41, 5.74) is 3.84. The molecular weight excluding hydrogens is 272 g/mol. The van der Waals surface area contributed by atoms with Gasteiger partial charge in [-0.2, -0.15) is 5.10 Å². The number of anilines is 1. The molecule has 0 amide bonds. The van der Waals surface area contributed by atoms with Crippen molar-refractivity contribution in [2.24, 2.45) is 5.10 Å². The molecular formula is C14H16N4O3. The van der Waals surface area contributed by atoms with Crippen LogP contribution in [0.4, 0.5) is 5.95 Å². The van der Waals surface area contributed by atoms with Gasteiger partial charge < -0.3 is 9.84 Å². The largest absolute Gasteiger partial charge is 0.504 e. The predicted molar refractivity (Wildman–Crippen MR) is 80.1 cm³/mol. The number of hydrogen-bond donors (Lipinski definition) is 3. The van der Waals surface area contributed by atoms with Gasteiger partial charge in [-0.05, 0) is 30.2 Å². The number of hydrogen-bond acceptors (Lipinski definition) is 6. The van der Waals surface area contributed by atoms with E-state index in [9.17, 15) is 9.90 Å². The lowest BCUT2D eigenvalue weighted by Gasteiger charge is -2.04. The van der Waals surface area contributed by atoms with Crippen LogP contribution in [0.15, 0.2) is 34.2 Å². The van der Waals surface area contributed by atoms with Crippen LogP contribution in [0, 0.1) is 0 Å². The highest BCUT2D eigenvalue weighted by atomic mass is 16.5. The molecule has 1 aromatic heterocycles. The molecule has 0 saturated heterocycles. The molecule has 110 valence electrons. The molecule has 1 heterocycles. The number of rotatable bonds is 5. The molecule has 0 atom stereocenters. The number of nitrogens with zero attached hydrogens (tertiary/aromatic N) is 2. The second-order valence-electron chi connectivity index (χ2n) is 4.24. The van der Waals surface area contributed by atoms with Crippen LogP contribution in [0.25, 0.3) is 0 Å². The van der Waals surface area contributed by atoms with Gasteiger partial charge in [0.25, 0.3) is 5.56 Å². The third-order valence-corrected chi connectivity index (χ3v) is 2.74. The maximum Gasteiger partial charge on any atom is 0.252 e. The molecule has 0 fully saturated rings. The van der Waals surface area contributed by atoms with Crippen LogP contribution in [0.2, 0.25) is 0 Å². The van der Waals surface area contributed by atoms with Gasteiger partial charge in [0.15, 0.2) is 11.5 Å². The van der Waals surface area contributed by atoms with E-state index in [-0.39, 0.29) is 17.3 Å². The fourth-order valence-electron chi connectivity index (χ4n) is 1.68. The third-order valence-electron chi connectivity index (χ3n) is 2.74. The number of methoxy groups -OCH3 is 1. The Morgan fingerprint density at radius 1 is 1.48 bits per heavy atom. The lowest BCUT2D eigenvalue weighted by Crippen LogP contribution is -2.11. The van der Waals surface area contributed by atoms with Crippen molar-refractivity contribution >= 4 is 12.2 Å². The summed E-state index contributed by atoms with van der Waals surface area (Å²) >= 11 is 0. The van der Waals surface area contributed by atoms with E-state index in [0.717, 1.165) is 5.56 Å². The van der Waals surface area contributed by atoms with Gasteiger partial charge in [0.05, 0.1) is 13.3 Å². The first-order valence-electron chi connectivity index (χ1n) is 6.38. The number of aromatic amines is 1. The zero-order valence-electron chi connectivity index (χ0n) is 11.8. The molecule has 0 aliphatic heterocycles. The maximum absolute atomic E-state index is 11.4. The molecule has 2 rings (SSSR count). The van der Waals surface area contributed by atoms with Crippen molar-refractivity contribution in [3.05, 3.63) is 45.9 Å². The summed E-state index contributed by atoms with van der Waals surface area (Å²) in [7, 11) is 1.47. The second kappa shape index (κ2) is 6.56. The van der Waals surface area contributed by atoms with Crippen LogP contribution >= 0.6 is 0 Å². The van der Waals surface area contributed by atoms with E-state index in [1.807, 2.05) is 6.92 Å². The number of aryl methyl sites for hydroxylation is 1. The van der Waals surface area contributed by atoms with Gasteiger partial charge in [0.2, 0.25) is 5.95 Å². The van der Waals surface area contributed by atoms with Gasteiger partial charge in [-0.3, -0.25) is 9.78 Å². The molecule has 7 nitrogen and oxygen atoms in total. The van der Waals surface area contributed by atoms with Crippen molar-refractivity contribution in [1.29, 1.82) is 0 Å². The van der Waals surface area contributed by atoms with Crippen molar-refractivity contribution in [1.82, 2.24) is 9.97 Å². The van der Waals surface area contributed by atoms with Crippen LogP contribution in [-0.2, 0) is 6.42 Å². The van der Waals surface area contributed by atoms with E-state index in [2.05, 4.69) is 20.5 Å². The van der Waals surface area contributed by atoms with E-state index in [0.29, 0.717) is 17.9 Å². The zero-order chi connectivity index (χ0) is 15.2. The Morgan fingerprint density at radius 3 is 3.00 bits per heavy atom. The highest BCUT2D eigenvalue weighted by Crippen LogP contribution is 2.25. The second-order valence-corrected chi connectivity index (χ2v) is 4.24. The first-order valence-corrected chi connectivity index (χ1v) is 6.38. The number of phenolic OH excluding ortho intramolecular Hbond substituents is 1. The van der Waals surface area contributed by atoms with Crippen LogP contribution in [0.3, 0.4) is 0 Å². The van der Waals surface area contributed by atoms with E-state index >= 15 is 0 Å². The highest BCUT2D eigenvalue weighted by Gasteiger charge is 2.01. The van der Waals surface area contributed by atoms with Gasteiger partial charge in [0, 0.05) is 11.8 Å². The molecule has 0 bridgehead atoms. The van der Waals surface area contributed by atoms with Crippen LogP contribution in [-0.4, -0.2) is 28.4 Å². The van der Waals surface area contributed by atoms with Crippen LogP contribution in [0.1, 0.15) is 18.2 Å². The molecule has 3 N–H and O–H groups in total. The number of H-pyrrole nitrogens is 1. The first-order chi connectivity index (χ1) is 10.1. The van der Waals surface area contributed by atoms with Gasteiger partial charge in [-0.1, -0.05) is 6.92 Å². The maximum atomic E-state index is 11.4. The lowest BCUT2D eigenvalue weighted by atomic mass is 10.2. The number of ether oxygens (including phenoxy) is 1. The molecule has 2 aromatic rings. The predicted octanol–water partition coefficient (Wildman–Crippen LogP) is 1.49. The summed E-state index contributed by atoms with van der Waals surface area (Å²) in [6.45, 7) is 1.91.